The van der Waals surface area contributed by atoms with Crippen LogP contribution in [0, 0.1) is 23.7 Å². The molecule has 4 bridgehead atoms. The standard InChI is InChI=1S/C39H44N2P2Si/c1-44(2,3)31-14-15-32(38(24-42)29-19-25-18-26(21-29)22-30(38)20-25)33(23-31)39(43,36-16-12-27-8-4-6-10-34(27)40-36)37-17-13-28-9-5-7-11-35(28)41-37/h4-17,23,25-26,29-30H,18-22,24,42-43H2,1-3H3. The molecular formula is C39H44N2P2Si. The lowest BCUT2D eigenvalue weighted by Gasteiger charge is -2.62. The first-order chi connectivity index (χ1) is 21.2. The van der Waals surface area contributed by atoms with Crippen LogP contribution in [0.4, 0.5) is 0 Å². The van der Waals surface area contributed by atoms with Gasteiger partial charge in [-0.1, -0.05) is 91.6 Å². The molecule has 0 radical (unpaired) electrons. The second-order valence-electron chi connectivity index (χ2n) is 15.1. The Labute approximate surface area is 268 Å². The molecule has 3 aromatic carbocycles. The summed E-state index contributed by atoms with van der Waals surface area (Å²) in [5.41, 5.74) is 7.32. The summed E-state index contributed by atoms with van der Waals surface area (Å²) < 4.78 is 0. The molecule has 2 aromatic heterocycles. The highest BCUT2D eigenvalue weighted by Crippen LogP contribution is 2.65. The summed E-state index contributed by atoms with van der Waals surface area (Å²) in [6.45, 7) is 7.44. The Hall–Kier alpha value is -2.44. The van der Waals surface area contributed by atoms with E-state index < -0.39 is 13.2 Å². The fourth-order valence-electron chi connectivity index (χ4n) is 9.63. The van der Waals surface area contributed by atoms with Gasteiger partial charge in [0.15, 0.2) is 0 Å². The lowest BCUT2D eigenvalue weighted by atomic mass is 9.44. The van der Waals surface area contributed by atoms with Gasteiger partial charge in [-0.25, -0.2) is 0 Å². The van der Waals surface area contributed by atoms with Crippen LogP contribution < -0.4 is 5.19 Å². The van der Waals surface area contributed by atoms with Gasteiger partial charge in [0, 0.05) is 16.2 Å². The third-order valence-electron chi connectivity index (χ3n) is 11.7. The first-order valence-corrected chi connectivity index (χ1v) is 21.5. The third-order valence-corrected chi connectivity index (χ3v) is 15.4. The van der Waals surface area contributed by atoms with Crippen LogP contribution in [0.2, 0.25) is 19.6 Å². The summed E-state index contributed by atoms with van der Waals surface area (Å²) in [5, 5.41) is 3.26. The van der Waals surface area contributed by atoms with E-state index in [-0.39, 0.29) is 5.41 Å². The van der Waals surface area contributed by atoms with Crippen LogP contribution in [0.1, 0.15) is 54.6 Å². The van der Waals surface area contributed by atoms with Crippen molar-refractivity contribution in [3.05, 3.63) is 114 Å². The number of fused-ring (bicyclic) bond motifs is 2. The second-order valence-corrected chi connectivity index (χ2v) is 21.5. The maximum absolute atomic E-state index is 5.44. The molecule has 0 amide bonds. The highest BCUT2D eigenvalue weighted by atomic mass is 31.0. The minimum atomic E-state index is -1.63. The average Bonchev–Trinajstić information content (AvgIpc) is 3.03. The predicted molar refractivity (Wildman–Crippen MR) is 196 cm³/mol. The van der Waals surface area contributed by atoms with E-state index in [9.17, 15) is 0 Å². The Kier molecular flexibility index (Phi) is 6.95. The Balaban J connectivity index is 1.45. The molecule has 5 aromatic rings. The monoisotopic (exact) mass is 630 g/mol. The van der Waals surface area contributed by atoms with Gasteiger partial charge in [0.2, 0.25) is 0 Å². The molecule has 4 aliphatic rings. The Bertz CT molecular complexity index is 1790. The molecule has 2 unspecified atom stereocenters. The highest BCUT2D eigenvalue weighted by Gasteiger charge is 2.58. The highest BCUT2D eigenvalue weighted by molar-refractivity contribution is 7.19. The molecule has 2 atom stereocenters. The summed E-state index contributed by atoms with van der Waals surface area (Å²) in [7, 11) is 4.99. The van der Waals surface area contributed by atoms with Crippen LogP contribution in [0.15, 0.2) is 91.0 Å². The molecular weight excluding hydrogens is 586 g/mol. The van der Waals surface area contributed by atoms with Crippen LogP contribution in [-0.2, 0) is 10.6 Å². The number of aromatic nitrogens is 2. The van der Waals surface area contributed by atoms with Gasteiger partial charge in [0.25, 0.3) is 0 Å². The van der Waals surface area contributed by atoms with E-state index in [1.165, 1.54) is 53.6 Å². The number of nitrogens with zero attached hydrogens (tertiary/aromatic N) is 2. The number of para-hydroxylation sites is 2. The van der Waals surface area contributed by atoms with Gasteiger partial charge in [-0.3, -0.25) is 9.97 Å². The molecule has 4 saturated carbocycles. The van der Waals surface area contributed by atoms with E-state index >= 15 is 0 Å². The molecule has 4 aliphatic carbocycles. The molecule has 5 heteroatoms. The Morgan fingerprint density at radius 3 is 1.73 bits per heavy atom. The van der Waals surface area contributed by atoms with Crippen molar-refractivity contribution in [2.24, 2.45) is 23.7 Å². The minimum Gasteiger partial charge on any atom is -0.251 e. The van der Waals surface area contributed by atoms with Crippen LogP contribution >= 0.6 is 18.5 Å². The summed E-state index contributed by atoms with van der Waals surface area (Å²) in [6.07, 6.45) is 8.16. The van der Waals surface area contributed by atoms with Crippen molar-refractivity contribution < 1.29 is 0 Å². The Morgan fingerprint density at radius 2 is 1.23 bits per heavy atom. The molecule has 0 aliphatic heterocycles. The largest absolute Gasteiger partial charge is 0.251 e. The fraction of sp³-hybridized carbons (Fsp3) is 0.385. The van der Waals surface area contributed by atoms with Crippen molar-refractivity contribution in [1.29, 1.82) is 0 Å². The lowest BCUT2D eigenvalue weighted by molar-refractivity contribution is -0.0504. The molecule has 4 fully saturated rings. The maximum Gasteiger partial charge on any atom is 0.0936 e. The van der Waals surface area contributed by atoms with Gasteiger partial charge < -0.3 is 0 Å². The SMILES string of the molecule is C[Si](C)(C)c1ccc(C2(CP)C3CC4CC(C3)CC2C4)c(C(P)(c2ccc3ccccc3n2)c2ccc3ccccc3n2)c1. The second kappa shape index (κ2) is 10.6. The first kappa shape index (κ1) is 29.0. The quantitative estimate of drug-likeness (QED) is 0.138. The van der Waals surface area contributed by atoms with Crippen molar-refractivity contribution in [2.75, 3.05) is 6.16 Å². The van der Waals surface area contributed by atoms with E-state index in [1.54, 1.807) is 5.56 Å². The van der Waals surface area contributed by atoms with Crippen molar-refractivity contribution in [2.45, 2.75) is 62.3 Å². The number of pyridine rings is 2. The summed E-state index contributed by atoms with van der Waals surface area (Å²) >= 11 is 0. The topological polar surface area (TPSA) is 25.8 Å². The van der Waals surface area contributed by atoms with Crippen molar-refractivity contribution in [3.8, 4) is 0 Å². The molecule has 0 N–H and O–H groups in total. The number of rotatable bonds is 6. The predicted octanol–water partition coefficient (Wildman–Crippen LogP) is 9.06. The van der Waals surface area contributed by atoms with E-state index in [1.807, 2.05) is 0 Å². The van der Waals surface area contributed by atoms with Crippen molar-refractivity contribution in [3.63, 3.8) is 0 Å². The number of hydrogen-bond acceptors (Lipinski definition) is 2. The zero-order valence-corrected chi connectivity index (χ0v) is 29.6. The van der Waals surface area contributed by atoms with Gasteiger partial charge in [-0.05, 0) is 97.3 Å². The van der Waals surface area contributed by atoms with E-state index in [2.05, 4.69) is 129 Å². The molecule has 2 nitrogen and oxygen atoms in total. The van der Waals surface area contributed by atoms with Crippen molar-refractivity contribution >= 4 is 53.5 Å². The van der Waals surface area contributed by atoms with Crippen LogP contribution in [0.3, 0.4) is 0 Å². The van der Waals surface area contributed by atoms with E-state index in [4.69, 9.17) is 9.97 Å². The van der Waals surface area contributed by atoms with Gasteiger partial charge >= 0.3 is 0 Å². The summed E-state index contributed by atoms with van der Waals surface area (Å²) in [4.78, 5) is 10.9. The third kappa shape index (κ3) is 4.40. The molecule has 9 rings (SSSR count). The molecule has 2 heterocycles. The van der Waals surface area contributed by atoms with Gasteiger partial charge in [0.1, 0.15) is 0 Å². The summed E-state index contributed by atoms with van der Waals surface area (Å²) in [6, 6.07) is 33.8. The van der Waals surface area contributed by atoms with Crippen molar-refractivity contribution in [1.82, 2.24) is 9.97 Å². The molecule has 44 heavy (non-hydrogen) atoms. The zero-order chi connectivity index (χ0) is 30.3. The summed E-state index contributed by atoms with van der Waals surface area (Å²) in [5.74, 6) is 3.35. The lowest BCUT2D eigenvalue weighted by Crippen LogP contribution is -2.57. The van der Waals surface area contributed by atoms with Crippen LogP contribution in [0.25, 0.3) is 21.8 Å². The fourth-order valence-corrected chi connectivity index (χ4v) is 12.2. The minimum absolute atomic E-state index is 0.168. The normalized spacial score (nSPS) is 26.5. The first-order valence-electron chi connectivity index (χ1n) is 16.6. The molecule has 0 spiro atoms. The van der Waals surface area contributed by atoms with E-state index in [0.29, 0.717) is 0 Å². The Morgan fingerprint density at radius 1 is 0.705 bits per heavy atom. The average molecular weight is 631 g/mol. The zero-order valence-electron chi connectivity index (χ0n) is 26.3. The van der Waals surface area contributed by atoms with Gasteiger partial charge in [-0.15, -0.1) is 18.5 Å². The van der Waals surface area contributed by atoms with Crippen LogP contribution in [0.5, 0.6) is 0 Å². The number of hydrogen-bond donors (Lipinski definition) is 0. The smallest absolute Gasteiger partial charge is 0.0936 e. The van der Waals surface area contributed by atoms with Gasteiger partial charge in [0.05, 0.1) is 35.7 Å². The van der Waals surface area contributed by atoms with E-state index in [0.717, 1.165) is 52.3 Å². The number of benzene rings is 3. The molecule has 0 saturated heterocycles. The molecule has 224 valence electrons. The maximum atomic E-state index is 5.44. The van der Waals surface area contributed by atoms with Crippen LogP contribution in [-0.4, -0.2) is 24.2 Å². The van der Waals surface area contributed by atoms with Gasteiger partial charge in [-0.2, -0.15) is 0 Å².